The number of halogens is 4. The molecule has 0 saturated carbocycles. The number of aromatic nitrogens is 3. The van der Waals surface area contributed by atoms with Crippen molar-refractivity contribution in [2.45, 2.75) is 64.2 Å². The molecule has 2 aromatic heterocycles. The van der Waals surface area contributed by atoms with Crippen molar-refractivity contribution in [2.24, 2.45) is 0 Å². The molecule has 0 saturated heterocycles. The average Bonchev–Trinajstić information content (AvgIpc) is 3.51. The molecule has 1 aromatic carbocycles. The Hall–Kier alpha value is -3.95. The molecule has 0 bridgehead atoms. The molecule has 5 rings (SSSR count). The van der Waals surface area contributed by atoms with Gasteiger partial charge >= 0.3 is 6.18 Å². The van der Waals surface area contributed by atoms with Gasteiger partial charge in [-0.2, -0.15) is 18.3 Å². The summed E-state index contributed by atoms with van der Waals surface area (Å²) in [5.41, 5.74) is 3.71. The summed E-state index contributed by atoms with van der Waals surface area (Å²) in [4.78, 5) is 18.0. The summed E-state index contributed by atoms with van der Waals surface area (Å²) >= 11 is 0. The molecule has 2 aliphatic carbocycles. The largest absolute Gasteiger partial charge is 0.497 e. The Kier molecular flexibility index (Phi) is 7.78. The average molecular weight is 555 g/mol. The zero-order chi connectivity index (χ0) is 28.4. The molecule has 0 fully saturated rings. The molecule has 2 heterocycles. The third-order valence-electron chi connectivity index (χ3n) is 7.41. The molecule has 2 aliphatic rings. The number of aryl methyl sites for hydroxylation is 1. The summed E-state index contributed by atoms with van der Waals surface area (Å²) in [6.45, 7) is 1.59. The maximum atomic E-state index is 13.9. The second kappa shape index (κ2) is 11.3. The third-order valence-corrected chi connectivity index (χ3v) is 7.41. The minimum atomic E-state index is -4.59. The second-order valence-electron chi connectivity index (χ2n) is 10.2. The highest BCUT2D eigenvalue weighted by molar-refractivity contribution is 5.77. The zero-order valence-electron chi connectivity index (χ0n) is 22.3. The van der Waals surface area contributed by atoms with Crippen molar-refractivity contribution >= 4 is 5.91 Å². The molecule has 3 aromatic rings. The molecular weight excluding hydrogens is 524 g/mol. The number of ether oxygens (including phenoxy) is 1. The molecule has 1 unspecified atom stereocenters. The van der Waals surface area contributed by atoms with E-state index >= 15 is 0 Å². The number of hydrogen-bond acceptors (Lipinski definition) is 4. The highest BCUT2D eigenvalue weighted by Gasteiger charge is 2.39. The molecule has 1 atom stereocenters. The van der Waals surface area contributed by atoms with Crippen LogP contribution in [0.25, 0.3) is 11.1 Å². The van der Waals surface area contributed by atoms with E-state index in [0.29, 0.717) is 49.2 Å². The monoisotopic (exact) mass is 554 g/mol. The maximum absolute atomic E-state index is 13.9. The van der Waals surface area contributed by atoms with Crippen molar-refractivity contribution in [3.63, 3.8) is 0 Å². The Labute approximate surface area is 229 Å². The number of hydrogen-bond donors (Lipinski definition) is 1. The summed E-state index contributed by atoms with van der Waals surface area (Å²) in [5.74, 6) is -0.130. The Bertz CT molecular complexity index is 1490. The number of rotatable bonds is 8. The van der Waals surface area contributed by atoms with Crippen molar-refractivity contribution < 1.29 is 27.1 Å². The molecule has 0 aliphatic heterocycles. The highest BCUT2D eigenvalue weighted by atomic mass is 19.4. The standard InChI is InChI=1S/C30H30F4N4O2/c1-18-14-21(40-2)11-12-22(18)23-7-5-13-35-28(23)25(16-19-9-10-20(31)15-19)36-27(39)17-38-26-8-4-3-6-24(26)29(37-38)30(32,33)34/h5,7,10-15,25H,3-4,6,8-9,16-17H2,1-2H3,(H,36,39). The zero-order valence-corrected chi connectivity index (χ0v) is 22.3. The van der Waals surface area contributed by atoms with Gasteiger partial charge in [0.05, 0.1) is 18.8 Å². The van der Waals surface area contributed by atoms with Crippen LogP contribution in [0.15, 0.2) is 60.1 Å². The first-order valence-electron chi connectivity index (χ1n) is 13.2. The van der Waals surface area contributed by atoms with Gasteiger partial charge in [-0.3, -0.25) is 14.5 Å². The van der Waals surface area contributed by atoms with E-state index in [1.807, 2.05) is 31.2 Å². The lowest BCUT2D eigenvalue weighted by atomic mass is 9.93. The van der Waals surface area contributed by atoms with Crippen molar-refractivity contribution in [3.8, 4) is 16.9 Å². The van der Waals surface area contributed by atoms with Crippen LogP contribution in [0.4, 0.5) is 17.6 Å². The van der Waals surface area contributed by atoms with Crippen LogP contribution in [-0.4, -0.2) is 27.8 Å². The van der Waals surface area contributed by atoms with Crippen molar-refractivity contribution in [1.82, 2.24) is 20.1 Å². The predicted molar refractivity (Wildman–Crippen MR) is 142 cm³/mol. The Morgan fingerprint density at radius 1 is 1.18 bits per heavy atom. The minimum absolute atomic E-state index is 0.183. The van der Waals surface area contributed by atoms with Gasteiger partial charge in [0, 0.05) is 23.0 Å². The summed E-state index contributed by atoms with van der Waals surface area (Å²) in [6, 6.07) is 8.70. The normalized spacial score (nSPS) is 15.8. The van der Waals surface area contributed by atoms with Crippen molar-refractivity contribution in [1.29, 1.82) is 0 Å². The summed E-state index contributed by atoms with van der Waals surface area (Å²) < 4.78 is 61.4. The first-order chi connectivity index (χ1) is 19.1. The number of allylic oxidation sites excluding steroid dienone is 3. The number of amides is 1. The summed E-state index contributed by atoms with van der Waals surface area (Å²) in [6.07, 6.45) is 2.77. The third kappa shape index (κ3) is 5.80. The van der Waals surface area contributed by atoms with Crippen LogP contribution in [0.1, 0.15) is 59.9 Å². The summed E-state index contributed by atoms with van der Waals surface area (Å²) in [7, 11) is 1.59. The lowest BCUT2D eigenvalue weighted by Crippen LogP contribution is -2.33. The second-order valence-corrected chi connectivity index (χ2v) is 10.2. The maximum Gasteiger partial charge on any atom is 0.435 e. The van der Waals surface area contributed by atoms with Crippen LogP contribution in [0.2, 0.25) is 0 Å². The van der Waals surface area contributed by atoms with Gasteiger partial charge in [0.2, 0.25) is 5.91 Å². The molecule has 6 nitrogen and oxygen atoms in total. The van der Waals surface area contributed by atoms with Gasteiger partial charge in [-0.05, 0) is 86.9 Å². The van der Waals surface area contributed by atoms with Crippen molar-refractivity contribution in [2.75, 3.05) is 7.11 Å². The molecule has 10 heteroatoms. The van der Waals surface area contributed by atoms with Gasteiger partial charge in [0.15, 0.2) is 5.69 Å². The van der Waals surface area contributed by atoms with Crippen LogP contribution in [0.5, 0.6) is 5.75 Å². The van der Waals surface area contributed by atoms with Crippen LogP contribution < -0.4 is 10.1 Å². The predicted octanol–water partition coefficient (Wildman–Crippen LogP) is 6.59. The van der Waals surface area contributed by atoms with Crippen LogP contribution in [0.3, 0.4) is 0 Å². The van der Waals surface area contributed by atoms with E-state index in [2.05, 4.69) is 15.4 Å². The smallest absolute Gasteiger partial charge is 0.435 e. The number of methoxy groups -OCH3 is 1. The Morgan fingerprint density at radius 3 is 2.67 bits per heavy atom. The van der Waals surface area contributed by atoms with E-state index in [1.165, 1.54) is 16.8 Å². The topological polar surface area (TPSA) is 69.0 Å². The molecule has 0 radical (unpaired) electrons. The highest BCUT2D eigenvalue weighted by Crippen LogP contribution is 2.37. The lowest BCUT2D eigenvalue weighted by molar-refractivity contribution is -0.142. The fraction of sp³-hybridized carbons (Fsp3) is 0.367. The molecule has 0 spiro atoms. The van der Waals surface area contributed by atoms with E-state index < -0.39 is 23.8 Å². The van der Waals surface area contributed by atoms with Gasteiger partial charge < -0.3 is 10.1 Å². The quantitative estimate of drug-likeness (QED) is 0.319. The molecule has 210 valence electrons. The van der Waals surface area contributed by atoms with E-state index in [9.17, 15) is 22.4 Å². The summed E-state index contributed by atoms with van der Waals surface area (Å²) in [5, 5.41) is 6.80. The number of nitrogens with zero attached hydrogens (tertiary/aromatic N) is 3. The van der Waals surface area contributed by atoms with Crippen molar-refractivity contribution in [3.05, 3.63) is 88.3 Å². The minimum Gasteiger partial charge on any atom is -0.497 e. The van der Waals surface area contributed by atoms with Gasteiger partial charge in [-0.1, -0.05) is 17.7 Å². The first kappa shape index (κ1) is 27.6. The van der Waals surface area contributed by atoms with Crippen LogP contribution >= 0.6 is 0 Å². The number of carbonyl (C=O) groups excluding carboxylic acids is 1. The van der Waals surface area contributed by atoms with E-state index in [0.717, 1.165) is 28.7 Å². The molecule has 1 N–H and O–H groups in total. The number of benzene rings is 1. The fourth-order valence-electron chi connectivity index (χ4n) is 5.56. The van der Waals surface area contributed by atoms with Gasteiger partial charge in [0.25, 0.3) is 0 Å². The SMILES string of the molecule is COc1ccc(-c2cccnc2C(CC2=CC(F)=CC2)NC(=O)Cn2nc(C(F)(F)F)c3c2CCCC3)c(C)c1. The molecule has 40 heavy (non-hydrogen) atoms. The van der Waals surface area contributed by atoms with Crippen LogP contribution in [-0.2, 0) is 30.4 Å². The number of alkyl halides is 3. The van der Waals surface area contributed by atoms with Gasteiger partial charge in [-0.25, -0.2) is 4.39 Å². The number of nitrogens with one attached hydrogen (secondary N) is 1. The molecule has 1 amide bonds. The number of pyridine rings is 1. The van der Waals surface area contributed by atoms with E-state index in [4.69, 9.17) is 4.74 Å². The Balaban J connectivity index is 1.47. The van der Waals surface area contributed by atoms with Gasteiger partial charge in [0.1, 0.15) is 18.1 Å². The first-order valence-corrected chi connectivity index (χ1v) is 13.2. The van der Waals surface area contributed by atoms with Gasteiger partial charge in [-0.15, -0.1) is 0 Å². The Morgan fingerprint density at radius 2 is 1.98 bits per heavy atom. The molecular formula is C30H30F4N4O2. The fourth-order valence-corrected chi connectivity index (χ4v) is 5.56. The van der Waals surface area contributed by atoms with E-state index in [1.54, 1.807) is 19.4 Å². The van der Waals surface area contributed by atoms with E-state index in [-0.39, 0.29) is 17.9 Å². The lowest BCUT2D eigenvalue weighted by Gasteiger charge is -2.23. The van der Waals surface area contributed by atoms with Crippen LogP contribution in [0, 0.1) is 6.92 Å². The number of carbonyl (C=O) groups is 1. The number of fused-ring (bicyclic) bond motifs is 1.